The number of nitrogens with zero attached hydrogens (tertiary/aromatic N) is 1. The number of carbonyl (C=O) groups is 4. The first-order valence-corrected chi connectivity index (χ1v) is 11.8. The average Bonchev–Trinajstić information content (AvgIpc) is 2.70. The fourth-order valence-corrected chi connectivity index (χ4v) is 3.14. The van der Waals surface area contributed by atoms with Crippen LogP contribution in [0.25, 0.3) is 0 Å². The fraction of sp³-hybridized carbons (Fsp3) is 0.737. The molecule has 0 aromatic heterocycles. The molecule has 184 valence electrons. The Bertz CT molecular complexity index is 656. The van der Waals surface area contributed by atoms with Crippen molar-refractivity contribution in [2.75, 3.05) is 25.1 Å². The topological polar surface area (TPSA) is 215 Å². The second kappa shape index (κ2) is 16.1. The highest BCUT2D eigenvalue weighted by Crippen LogP contribution is 2.06. The summed E-state index contributed by atoms with van der Waals surface area (Å²) >= 11 is 1.57. The highest BCUT2D eigenvalue weighted by atomic mass is 32.2. The summed E-state index contributed by atoms with van der Waals surface area (Å²) in [6.07, 6.45) is 3.21. The van der Waals surface area contributed by atoms with E-state index in [9.17, 15) is 24.3 Å². The van der Waals surface area contributed by atoms with Gasteiger partial charge in [-0.25, -0.2) is 4.79 Å². The Hall–Kier alpha value is -2.54. The monoisotopic (exact) mass is 475 g/mol. The Morgan fingerprint density at radius 2 is 1.69 bits per heavy atom. The first-order valence-electron chi connectivity index (χ1n) is 10.4. The van der Waals surface area contributed by atoms with Crippen LogP contribution in [0.15, 0.2) is 4.99 Å². The largest absolute Gasteiger partial charge is 0.480 e. The van der Waals surface area contributed by atoms with E-state index < -0.39 is 48.4 Å². The lowest BCUT2D eigenvalue weighted by atomic mass is 10.0. The lowest BCUT2D eigenvalue weighted by Crippen LogP contribution is -2.54. The summed E-state index contributed by atoms with van der Waals surface area (Å²) < 4.78 is 0. The number of nitrogens with two attached hydrogens (primary N) is 3. The third kappa shape index (κ3) is 13.7. The molecule has 0 aliphatic heterocycles. The number of aliphatic carboxylic acids is 1. The summed E-state index contributed by atoms with van der Waals surface area (Å²) in [4.78, 5) is 52.0. The van der Waals surface area contributed by atoms with Gasteiger partial charge in [0.1, 0.15) is 12.1 Å². The van der Waals surface area contributed by atoms with Gasteiger partial charge in [-0.3, -0.25) is 19.4 Å². The molecule has 0 rings (SSSR count). The van der Waals surface area contributed by atoms with Gasteiger partial charge in [0.25, 0.3) is 0 Å². The number of hydrogen-bond acceptors (Lipinski definition) is 7. The van der Waals surface area contributed by atoms with Gasteiger partial charge in [-0.15, -0.1) is 0 Å². The SMILES string of the molecule is CSCCC(N)C(=O)NC(CC(C)C)C(=O)NCC(=O)NC(CCCN=C(N)N)C(=O)O. The maximum Gasteiger partial charge on any atom is 0.326 e. The summed E-state index contributed by atoms with van der Waals surface area (Å²) in [5.41, 5.74) is 16.3. The number of carbonyl (C=O) groups excluding carboxylic acids is 3. The number of hydrogen-bond donors (Lipinski definition) is 7. The molecule has 13 heteroatoms. The molecule has 0 spiro atoms. The van der Waals surface area contributed by atoms with E-state index in [-0.39, 0.29) is 24.8 Å². The van der Waals surface area contributed by atoms with Gasteiger partial charge >= 0.3 is 5.97 Å². The quantitative estimate of drug-likeness (QED) is 0.0771. The number of aliphatic imine (C=N–C) groups is 1. The molecule has 3 unspecified atom stereocenters. The third-order valence-electron chi connectivity index (χ3n) is 4.31. The zero-order chi connectivity index (χ0) is 24.7. The van der Waals surface area contributed by atoms with Crippen LogP contribution in [0.4, 0.5) is 0 Å². The Balaban J connectivity index is 4.76. The standard InChI is InChI=1S/C19H37N7O5S/c1-11(2)9-14(26-16(28)12(20)6-8-32-3)17(29)24-10-15(27)25-13(18(30)31)5-4-7-23-19(21)22/h11-14H,4-10,20H2,1-3H3,(H,24,29)(H,25,27)(H,26,28)(H,30,31)(H4,21,22,23). The number of rotatable bonds is 16. The molecule has 3 atom stereocenters. The fourth-order valence-electron chi connectivity index (χ4n) is 2.65. The normalized spacial score (nSPS) is 13.5. The molecule has 0 aromatic carbocycles. The van der Waals surface area contributed by atoms with E-state index >= 15 is 0 Å². The Kier molecular flexibility index (Phi) is 14.9. The maximum atomic E-state index is 12.5. The smallest absolute Gasteiger partial charge is 0.326 e. The molecule has 10 N–H and O–H groups in total. The van der Waals surface area contributed by atoms with Gasteiger partial charge < -0.3 is 38.3 Å². The first-order chi connectivity index (χ1) is 15.0. The predicted octanol–water partition coefficient (Wildman–Crippen LogP) is -1.66. The van der Waals surface area contributed by atoms with Crippen molar-refractivity contribution in [1.82, 2.24) is 16.0 Å². The van der Waals surface area contributed by atoms with E-state index in [1.54, 1.807) is 11.8 Å². The molecule has 0 aliphatic rings. The predicted molar refractivity (Wildman–Crippen MR) is 125 cm³/mol. The van der Waals surface area contributed by atoms with Gasteiger partial charge in [0.2, 0.25) is 17.7 Å². The van der Waals surface area contributed by atoms with Crippen LogP contribution < -0.4 is 33.2 Å². The van der Waals surface area contributed by atoms with Crippen LogP contribution in [0.5, 0.6) is 0 Å². The van der Waals surface area contributed by atoms with Crippen LogP contribution in [0, 0.1) is 5.92 Å². The third-order valence-corrected chi connectivity index (χ3v) is 4.96. The molecule has 12 nitrogen and oxygen atoms in total. The molecule has 3 amide bonds. The summed E-state index contributed by atoms with van der Waals surface area (Å²) in [5, 5.41) is 16.7. The van der Waals surface area contributed by atoms with Crippen molar-refractivity contribution in [2.45, 2.75) is 57.7 Å². The molecule has 0 heterocycles. The molecule has 0 saturated heterocycles. The molecule has 0 aromatic rings. The second-order valence-electron chi connectivity index (χ2n) is 7.70. The summed E-state index contributed by atoms with van der Waals surface area (Å²) in [6.45, 7) is 3.59. The van der Waals surface area contributed by atoms with E-state index in [4.69, 9.17) is 17.2 Å². The maximum absolute atomic E-state index is 12.5. The molecule has 0 radical (unpaired) electrons. The molecule has 0 aliphatic carbocycles. The zero-order valence-electron chi connectivity index (χ0n) is 18.9. The Morgan fingerprint density at radius 3 is 2.22 bits per heavy atom. The molecule has 32 heavy (non-hydrogen) atoms. The van der Waals surface area contributed by atoms with Crippen molar-refractivity contribution < 1.29 is 24.3 Å². The minimum absolute atomic E-state index is 0.100. The molecular weight excluding hydrogens is 438 g/mol. The number of carboxylic acid groups (broad SMARTS) is 1. The van der Waals surface area contributed by atoms with Gasteiger partial charge in [0.15, 0.2) is 5.96 Å². The van der Waals surface area contributed by atoms with Crippen LogP contribution in [0.3, 0.4) is 0 Å². The van der Waals surface area contributed by atoms with Gasteiger partial charge in [-0.05, 0) is 43.6 Å². The van der Waals surface area contributed by atoms with Crippen LogP contribution >= 0.6 is 11.8 Å². The van der Waals surface area contributed by atoms with Crippen molar-refractivity contribution in [1.29, 1.82) is 0 Å². The number of amides is 3. The summed E-state index contributed by atoms with van der Waals surface area (Å²) in [6, 6.07) is -2.73. The van der Waals surface area contributed by atoms with E-state index in [1.165, 1.54) is 0 Å². The van der Waals surface area contributed by atoms with Crippen LogP contribution in [-0.2, 0) is 19.2 Å². The molecule has 0 saturated carbocycles. The van der Waals surface area contributed by atoms with Gasteiger partial charge in [0, 0.05) is 6.54 Å². The zero-order valence-corrected chi connectivity index (χ0v) is 19.7. The van der Waals surface area contributed by atoms with Crippen molar-refractivity contribution in [3.05, 3.63) is 0 Å². The summed E-state index contributed by atoms with van der Waals surface area (Å²) in [7, 11) is 0. The van der Waals surface area contributed by atoms with E-state index in [0.29, 0.717) is 25.0 Å². The highest BCUT2D eigenvalue weighted by Gasteiger charge is 2.25. The van der Waals surface area contributed by atoms with E-state index in [2.05, 4.69) is 20.9 Å². The van der Waals surface area contributed by atoms with Crippen molar-refractivity contribution >= 4 is 41.4 Å². The van der Waals surface area contributed by atoms with Crippen LogP contribution in [0.2, 0.25) is 0 Å². The molecular formula is C19H37N7O5S. The number of nitrogens with one attached hydrogen (secondary N) is 3. The van der Waals surface area contributed by atoms with Crippen molar-refractivity contribution in [3.8, 4) is 0 Å². The second-order valence-corrected chi connectivity index (χ2v) is 8.69. The number of carboxylic acids is 1. The molecule has 0 bridgehead atoms. The minimum Gasteiger partial charge on any atom is -0.480 e. The Morgan fingerprint density at radius 1 is 1.03 bits per heavy atom. The lowest BCUT2D eigenvalue weighted by molar-refractivity contribution is -0.142. The van der Waals surface area contributed by atoms with E-state index in [0.717, 1.165) is 0 Å². The van der Waals surface area contributed by atoms with Crippen molar-refractivity contribution in [2.24, 2.45) is 28.1 Å². The van der Waals surface area contributed by atoms with Gasteiger partial charge in [-0.2, -0.15) is 11.8 Å². The Labute approximate surface area is 192 Å². The first kappa shape index (κ1) is 29.5. The number of thioether (sulfide) groups is 1. The van der Waals surface area contributed by atoms with Gasteiger partial charge in [-0.1, -0.05) is 13.8 Å². The average molecular weight is 476 g/mol. The lowest BCUT2D eigenvalue weighted by Gasteiger charge is -2.22. The summed E-state index contributed by atoms with van der Waals surface area (Å²) in [5.74, 6) is -2.14. The minimum atomic E-state index is -1.21. The number of guanidine groups is 1. The highest BCUT2D eigenvalue weighted by molar-refractivity contribution is 7.98. The molecule has 0 fully saturated rings. The van der Waals surface area contributed by atoms with Crippen molar-refractivity contribution in [3.63, 3.8) is 0 Å². The van der Waals surface area contributed by atoms with Gasteiger partial charge in [0.05, 0.1) is 12.6 Å². The van der Waals surface area contributed by atoms with Crippen LogP contribution in [0.1, 0.15) is 39.5 Å². The van der Waals surface area contributed by atoms with E-state index in [1.807, 2.05) is 20.1 Å². The van der Waals surface area contributed by atoms with Crippen LogP contribution in [-0.4, -0.2) is 78.0 Å².